The van der Waals surface area contributed by atoms with E-state index in [1.807, 2.05) is 4.90 Å². The van der Waals surface area contributed by atoms with Gasteiger partial charge in [-0.15, -0.1) is 0 Å². The van der Waals surface area contributed by atoms with Crippen LogP contribution in [0.25, 0.3) is 11.1 Å². The van der Waals surface area contributed by atoms with Crippen molar-refractivity contribution in [3.8, 4) is 22.9 Å². The molecule has 0 saturated carbocycles. The maximum Gasteiger partial charge on any atom is 0.395 e. The summed E-state index contributed by atoms with van der Waals surface area (Å²) in [6.07, 6.45) is -2.82. The fourth-order valence-electron chi connectivity index (χ4n) is 3.99. The Morgan fingerprint density at radius 1 is 1.18 bits per heavy atom. The quantitative estimate of drug-likeness (QED) is 0.514. The van der Waals surface area contributed by atoms with E-state index in [1.54, 1.807) is 18.2 Å². The van der Waals surface area contributed by atoms with Crippen molar-refractivity contribution in [1.82, 2.24) is 4.90 Å². The zero-order chi connectivity index (χ0) is 25.1. The van der Waals surface area contributed by atoms with Gasteiger partial charge in [0.25, 0.3) is 0 Å². The largest absolute Gasteiger partial charge is 0.493 e. The van der Waals surface area contributed by atoms with E-state index in [1.165, 1.54) is 19.9 Å². The number of halogens is 4. The number of carboxylic acid groups (broad SMARTS) is 1. The second kappa shape index (κ2) is 10.0. The maximum atomic E-state index is 14.1. The van der Waals surface area contributed by atoms with Crippen molar-refractivity contribution in [1.29, 1.82) is 5.26 Å². The first-order valence-electron chi connectivity index (χ1n) is 10.9. The topological polar surface area (TPSA) is 73.6 Å². The lowest BCUT2D eigenvalue weighted by atomic mass is 9.89. The summed E-state index contributed by atoms with van der Waals surface area (Å²) in [6, 6.07) is 10.5. The van der Waals surface area contributed by atoms with Gasteiger partial charge in [0, 0.05) is 6.54 Å². The maximum absolute atomic E-state index is 14.1. The Hall–Kier alpha value is -3.12. The van der Waals surface area contributed by atoms with Crippen LogP contribution in [-0.4, -0.2) is 48.4 Å². The number of hydrogen-bond acceptors (Lipinski definition) is 4. The number of carboxylic acids is 1. The van der Waals surface area contributed by atoms with Gasteiger partial charge in [-0.25, -0.2) is 9.18 Å². The van der Waals surface area contributed by atoms with Crippen molar-refractivity contribution in [2.45, 2.75) is 32.9 Å². The van der Waals surface area contributed by atoms with E-state index in [4.69, 9.17) is 9.84 Å². The number of hydrogen-bond donors (Lipinski definition) is 1. The summed E-state index contributed by atoms with van der Waals surface area (Å²) in [5, 5.41) is 18.5. The SMILES string of the molecule is CC(C)(CN1CCC(COc2ccc(-c3ccc(C(=O)O)c(F)c3)c(C#N)c2)CC1)C(F)(F)F. The van der Waals surface area contributed by atoms with Crippen LogP contribution in [-0.2, 0) is 0 Å². The molecule has 2 aromatic carbocycles. The first-order chi connectivity index (χ1) is 15.9. The van der Waals surface area contributed by atoms with Crippen molar-refractivity contribution in [2.75, 3.05) is 26.2 Å². The van der Waals surface area contributed by atoms with E-state index >= 15 is 0 Å². The molecular weight excluding hydrogens is 452 g/mol. The fraction of sp³-hybridized carbons (Fsp3) is 0.440. The molecular formula is C25H26F4N2O3. The average Bonchev–Trinajstić information content (AvgIpc) is 2.77. The highest BCUT2D eigenvalue weighted by molar-refractivity contribution is 5.89. The molecule has 0 atom stereocenters. The van der Waals surface area contributed by atoms with Gasteiger partial charge in [-0.1, -0.05) is 6.07 Å². The summed E-state index contributed by atoms with van der Waals surface area (Å²) >= 11 is 0. The van der Waals surface area contributed by atoms with Gasteiger partial charge >= 0.3 is 12.1 Å². The lowest BCUT2D eigenvalue weighted by Gasteiger charge is -2.38. The van der Waals surface area contributed by atoms with Crippen LogP contribution in [0.15, 0.2) is 36.4 Å². The van der Waals surface area contributed by atoms with E-state index in [2.05, 4.69) is 6.07 Å². The van der Waals surface area contributed by atoms with Crippen molar-refractivity contribution in [3.63, 3.8) is 0 Å². The molecule has 0 amide bonds. The number of likely N-dealkylation sites (tertiary alicyclic amines) is 1. The van der Waals surface area contributed by atoms with Gasteiger partial charge in [0.2, 0.25) is 0 Å². The highest BCUT2D eigenvalue weighted by Gasteiger charge is 2.48. The molecule has 1 fully saturated rings. The van der Waals surface area contributed by atoms with Crippen LogP contribution in [0.3, 0.4) is 0 Å². The van der Waals surface area contributed by atoms with Gasteiger partial charge in [0.1, 0.15) is 11.6 Å². The summed E-state index contributed by atoms with van der Waals surface area (Å²) < 4.78 is 59.3. The summed E-state index contributed by atoms with van der Waals surface area (Å²) in [7, 11) is 0. The minimum absolute atomic E-state index is 0.0366. The van der Waals surface area contributed by atoms with Crippen molar-refractivity contribution >= 4 is 5.97 Å². The number of ether oxygens (including phenoxy) is 1. The molecule has 182 valence electrons. The molecule has 2 aromatic rings. The molecule has 0 bridgehead atoms. The van der Waals surface area contributed by atoms with E-state index in [-0.39, 0.29) is 18.0 Å². The zero-order valence-corrected chi connectivity index (χ0v) is 19.0. The number of piperidine rings is 1. The molecule has 1 aliphatic heterocycles. The first kappa shape index (κ1) is 25.5. The van der Waals surface area contributed by atoms with Crippen LogP contribution in [0, 0.1) is 28.5 Å². The van der Waals surface area contributed by atoms with Gasteiger partial charge in [-0.2, -0.15) is 18.4 Å². The number of alkyl halides is 3. The number of nitriles is 1. The normalized spacial score (nSPS) is 15.7. The van der Waals surface area contributed by atoms with Gasteiger partial charge in [0.05, 0.1) is 29.2 Å². The van der Waals surface area contributed by atoms with E-state index in [0.29, 0.717) is 49.4 Å². The van der Waals surface area contributed by atoms with Crippen LogP contribution in [0.5, 0.6) is 5.75 Å². The van der Waals surface area contributed by atoms with E-state index in [9.17, 15) is 27.6 Å². The Morgan fingerprint density at radius 3 is 2.41 bits per heavy atom. The molecule has 1 N–H and O–H groups in total. The number of rotatable bonds is 7. The molecule has 0 spiro atoms. The molecule has 34 heavy (non-hydrogen) atoms. The summed E-state index contributed by atoms with van der Waals surface area (Å²) in [6.45, 7) is 3.90. The Kier molecular flexibility index (Phi) is 7.51. The van der Waals surface area contributed by atoms with Crippen molar-refractivity contribution in [2.24, 2.45) is 11.3 Å². The Morgan fingerprint density at radius 2 is 1.85 bits per heavy atom. The molecule has 1 saturated heterocycles. The lowest BCUT2D eigenvalue weighted by Crippen LogP contribution is -2.46. The van der Waals surface area contributed by atoms with Gasteiger partial charge in [0.15, 0.2) is 0 Å². The zero-order valence-electron chi connectivity index (χ0n) is 19.0. The molecule has 0 aromatic heterocycles. The Labute approximate surface area is 195 Å². The second-order valence-electron chi connectivity index (χ2n) is 9.23. The molecule has 1 aliphatic rings. The van der Waals surface area contributed by atoms with Crippen LogP contribution in [0.1, 0.15) is 42.6 Å². The predicted molar refractivity (Wildman–Crippen MR) is 118 cm³/mol. The molecule has 9 heteroatoms. The van der Waals surface area contributed by atoms with Crippen LogP contribution < -0.4 is 4.74 Å². The van der Waals surface area contributed by atoms with E-state index in [0.717, 1.165) is 12.1 Å². The Balaban J connectivity index is 1.59. The Bertz CT molecular complexity index is 1080. The van der Waals surface area contributed by atoms with Crippen LogP contribution in [0.4, 0.5) is 17.6 Å². The highest BCUT2D eigenvalue weighted by atomic mass is 19.4. The highest BCUT2D eigenvalue weighted by Crippen LogP contribution is 2.38. The average molecular weight is 478 g/mol. The van der Waals surface area contributed by atoms with E-state index < -0.39 is 28.9 Å². The number of nitrogens with zero attached hydrogens (tertiary/aromatic N) is 2. The minimum atomic E-state index is -4.25. The third-order valence-corrected chi connectivity index (χ3v) is 6.20. The van der Waals surface area contributed by atoms with Crippen molar-refractivity contribution < 1.29 is 32.2 Å². The number of benzene rings is 2. The number of carbonyl (C=O) groups is 1. The van der Waals surface area contributed by atoms with Crippen molar-refractivity contribution in [3.05, 3.63) is 53.3 Å². The van der Waals surface area contributed by atoms with Gasteiger partial charge in [-0.05, 0) is 87.2 Å². The summed E-state index contributed by atoms with van der Waals surface area (Å²) in [5.74, 6) is -1.61. The standard InChI is InChI=1S/C25H26F4N2O3/c1-24(2,25(27,28)29)15-31-9-7-16(8-10-31)14-34-19-4-6-20(18(11-19)13-30)17-3-5-21(23(32)33)22(26)12-17/h3-6,11-12,16H,7-10,14-15H2,1-2H3,(H,32,33). The predicted octanol–water partition coefficient (Wildman–Crippen LogP) is 5.74. The van der Waals surface area contributed by atoms with Crippen LogP contribution in [0.2, 0.25) is 0 Å². The number of aromatic carboxylic acids is 1. The molecule has 0 unspecified atom stereocenters. The monoisotopic (exact) mass is 478 g/mol. The van der Waals surface area contributed by atoms with Gasteiger partial charge < -0.3 is 14.7 Å². The fourth-order valence-corrected chi connectivity index (χ4v) is 3.99. The molecule has 1 heterocycles. The lowest BCUT2D eigenvalue weighted by molar-refractivity contribution is -0.217. The molecule has 3 rings (SSSR count). The van der Waals surface area contributed by atoms with Gasteiger partial charge in [-0.3, -0.25) is 0 Å². The minimum Gasteiger partial charge on any atom is -0.493 e. The first-order valence-corrected chi connectivity index (χ1v) is 10.9. The summed E-state index contributed by atoms with van der Waals surface area (Å²) in [4.78, 5) is 12.8. The third kappa shape index (κ3) is 5.86. The third-order valence-electron chi connectivity index (χ3n) is 6.20. The smallest absolute Gasteiger partial charge is 0.395 e. The molecule has 5 nitrogen and oxygen atoms in total. The molecule has 0 aliphatic carbocycles. The summed E-state index contributed by atoms with van der Waals surface area (Å²) in [5.41, 5.74) is -1.13. The van der Waals surface area contributed by atoms with Crippen LogP contribution >= 0.6 is 0 Å². The molecule has 0 radical (unpaired) electrons. The second-order valence-corrected chi connectivity index (χ2v) is 9.23.